The molecule has 0 atom stereocenters. The van der Waals surface area contributed by atoms with Crippen molar-refractivity contribution < 1.29 is 4.79 Å². The van der Waals surface area contributed by atoms with Crippen LogP contribution < -0.4 is 4.90 Å². The molecule has 1 aromatic rings. The van der Waals surface area contributed by atoms with Gasteiger partial charge >= 0.3 is 0 Å². The highest BCUT2D eigenvalue weighted by molar-refractivity contribution is 5.96. The number of nitrogens with zero attached hydrogens (tertiary/aromatic N) is 3. The second-order valence-corrected chi connectivity index (χ2v) is 6.32. The minimum Gasteiger partial charge on any atom is -0.309 e. The van der Waals surface area contributed by atoms with E-state index in [-0.39, 0.29) is 5.92 Å². The predicted molar refractivity (Wildman–Crippen MR) is 86.5 cm³/mol. The molecule has 0 N–H and O–H groups in total. The lowest BCUT2D eigenvalue weighted by atomic mass is 9.88. The summed E-state index contributed by atoms with van der Waals surface area (Å²) in [6.45, 7) is 7.06. The van der Waals surface area contributed by atoms with E-state index in [2.05, 4.69) is 18.9 Å². The van der Waals surface area contributed by atoms with Crippen molar-refractivity contribution in [3.05, 3.63) is 11.4 Å². The molecule has 1 saturated carbocycles. The fraction of sp³-hybridized carbons (Fsp3) is 0.765. The minimum atomic E-state index is 0.217. The molecule has 0 saturated heterocycles. The maximum atomic E-state index is 13.0. The number of aromatic nitrogens is 2. The Morgan fingerprint density at radius 2 is 1.95 bits per heavy atom. The van der Waals surface area contributed by atoms with E-state index in [0.29, 0.717) is 5.91 Å². The van der Waals surface area contributed by atoms with Gasteiger partial charge in [-0.1, -0.05) is 32.6 Å². The van der Waals surface area contributed by atoms with E-state index < -0.39 is 0 Å². The van der Waals surface area contributed by atoms with E-state index >= 15 is 0 Å². The Hall–Kier alpha value is -1.32. The van der Waals surface area contributed by atoms with E-state index in [1.165, 1.54) is 19.3 Å². The van der Waals surface area contributed by atoms with Gasteiger partial charge in [0.1, 0.15) is 0 Å². The lowest BCUT2D eigenvalue weighted by Gasteiger charge is -2.29. The average Bonchev–Trinajstić information content (AvgIpc) is 2.74. The molecule has 0 unspecified atom stereocenters. The van der Waals surface area contributed by atoms with E-state index in [0.717, 1.165) is 49.3 Å². The lowest BCUT2D eigenvalue weighted by Crippen LogP contribution is -2.38. The second kappa shape index (κ2) is 7.10. The summed E-state index contributed by atoms with van der Waals surface area (Å²) < 4.78 is 1.89. The molecule has 1 heterocycles. The number of aryl methyl sites for hydroxylation is 2. The molecule has 21 heavy (non-hydrogen) atoms. The number of anilines is 1. The number of amides is 1. The van der Waals surface area contributed by atoms with Crippen molar-refractivity contribution in [2.45, 2.75) is 65.7 Å². The third-order valence-electron chi connectivity index (χ3n) is 4.70. The first kappa shape index (κ1) is 16.1. The van der Waals surface area contributed by atoms with Gasteiger partial charge in [-0.15, -0.1) is 0 Å². The average molecular weight is 291 g/mol. The van der Waals surface area contributed by atoms with Gasteiger partial charge in [0.05, 0.1) is 17.1 Å². The van der Waals surface area contributed by atoms with Gasteiger partial charge in [-0.25, -0.2) is 0 Å². The zero-order valence-electron chi connectivity index (χ0n) is 14.0. The monoisotopic (exact) mass is 291 g/mol. The van der Waals surface area contributed by atoms with Crippen LogP contribution >= 0.6 is 0 Å². The van der Waals surface area contributed by atoms with Gasteiger partial charge in [-0.3, -0.25) is 9.48 Å². The maximum absolute atomic E-state index is 13.0. The third-order valence-corrected chi connectivity index (χ3v) is 4.70. The summed E-state index contributed by atoms with van der Waals surface area (Å²) in [6.07, 6.45) is 7.94. The van der Waals surface area contributed by atoms with Crippen LogP contribution in [0.2, 0.25) is 0 Å². The summed E-state index contributed by atoms with van der Waals surface area (Å²) >= 11 is 0. The standard InChI is InChI=1S/C17H29N3O/c1-5-6-12-20(16-13(2)18-19(4)14(16)3)17(21)15-10-8-7-9-11-15/h15H,5-12H2,1-4H3. The molecular formula is C17H29N3O. The Labute approximate surface area is 128 Å². The highest BCUT2D eigenvalue weighted by atomic mass is 16.2. The van der Waals surface area contributed by atoms with Crippen LogP contribution in [0.3, 0.4) is 0 Å². The number of hydrogen-bond acceptors (Lipinski definition) is 2. The third kappa shape index (κ3) is 3.47. The summed E-state index contributed by atoms with van der Waals surface area (Å²) in [5.74, 6) is 0.539. The number of carbonyl (C=O) groups is 1. The topological polar surface area (TPSA) is 38.1 Å². The van der Waals surface area contributed by atoms with Crippen LogP contribution in [0.4, 0.5) is 5.69 Å². The molecule has 1 fully saturated rings. The van der Waals surface area contributed by atoms with Crippen molar-refractivity contribution in [3.63, 3.8) is 0 Å². The molecule has 118 valence electrons. The van der Waals surface area contributed by atoms with E-state index in [1.807, 2.05) is 23.6 Å². The summed E-state index contributed by atoms with van der Waals surface area (Å²) in [5.41, 5.74) is 3.10. The smallest absolute Gasteiger partial charge is 0.230 e. The van der Waals surface area contributed by atoms with Crippen molar-refractivity contribution in [1.29, 1.82) is 0 Å². The summed E-state index contributed by atoms with van der Waals surface area (Å²) in [6, 6.07) is 0. The first-order valence-electron chi connectivity index (χ1n) is 8.37. The SMILES string of the molecule is CCCCN(C(=O)C1CCCCC1)c1c(C)nn(C)c1C. The molecule has 1 aromatic heterocycles. The number of carbonyl (C=O) groups excluding carboxylic acids is 1. The van der Waals surface area contributed by atoms with Gasteiger partial charge in [0.2, 0.25) is 5.91 Å². The van der Waals surface area contributed by atoms with Crippen molar-refractivity contribution in [2.24, 2.45) is 13.0 Å². The maximum Gasteiger partial charge on any atom is 0.230 e. The molecule has 0 bridgehead atoms. The summed E-state index contributed by atoms with van der Waals surface area (Å²) in [7, 11) is 1.95. The molecule has 0 aliphatic heterocycles. The highest BCUT2D eigenvalue weighted by Gasteiger charge is 2.29. The lowest BCUT2D eigenvalue weighted by molar-refractivity contribution is -0.123. The Bertz CT molecular complexity index is 486. The Morgan fingerprint density at radius 3 is 2.48 bits per heavy atom. The number of rotatable bonds is 5. The van der Waals surface area contributed by atoms with Gasteiger partial charge in [-0.2, -0.15) is 5.10 Å². The first-order valence-corrected chi connectivity index (χ1v) is 8.37. The highest BCUT2D eigenvalue weighted by Crippen LogP contribution is 2.30. The normalized spacial score (nSPS) is 16.2. The van der Waals surface area contributed by atoms with Crippen LogP contribution in [-0.4, -0.2) is 22.2 Å². The Morgan fingerprint density at radius 1 is 1.29 bits per heavy atom. The molecule has 0 radical (unpaired) electrons. The van der Waals surface area contributed by atoms with Gasteiger partial charge in [0, 0.05) is 19.5 Å². The van der Waals surface area contributed by atoms with Crippen molar-refractivity contribution >= 4 is 11.6 Å². The van der Waals surface area contributed by atoms with Gasteiger partial charge in [0.25, 0.3) is 0 Å². The predicted octanol–water partition coefficient (Wildman–Crippen LogP) is 3.75. The molecule has 0 aromatic carbocycles. The fourth-order valence-corrected chi connectivity index (χ4v) is 3.37. The van der Waals surface area contributed by atoms with Crippen LogP contribution in [0.15, 0.2) is 0 Å². The molecule has 2 rings (SSSR count). The van der Waals surface area contributed by atoms with Crippen LogP contribution in [0, 0.1) is 19.8 Å². The molecule has 0 spiro atoms. The van der Waals surface area contributed by atoms with Crippen LogP contribution in [-0.2, 0) is 11.8 Å². The van der Waals surface area contributed by atoms with Crippen molar-refractivity contribution in [3.8, 4) is 0 Å². The molecule has 4 nitrogen and oxygen atoms in total. The van der Waals surface area contributed by atoms with Gasteiger partial charge < -0.3 is 4.90 Å². The first-order chi connectivity index (χ1) is 10.1. The second-order valence-electron chi connectivity index (χ2n) is 6.32. The Balaban J connectivity index is 2.26. The van der Waals surface area contributed by atoms with E-state index in [1.54, 1.807) is 0 Å². The quantitative estimate of drug-likeness (QED) is 0.828. The van der Waals surface area contributed by atoms with Crippen molar-refractivity contribution in [1.82, 2.24) is 9.78 Å². The number of unbranched alkanes of at least 4 members (excludes halogenated alkanes) is 1. The zero-order chi connectivity index (χ0) is 15.4. The largest absolute Gasteiger partial charge is 0.309 e. The molecule has 1 aliphatic carbocycles. The van der Waals surface area contributed by atoms with Gasteiger partial charge in [-0.05, 0) is 33.1 Å². The minimum absolute atomic E-state index is 0.217. The summed E-state index contributed by atoms with van der Waals surface area (Å²) in [4.78, 5) is 15.0. The van der Waals surface area contributed by atoms with Crippen LogP contribution in [0.5, 0.6) is 0 Å². The molecule has 4 heteroatoms. The zero-order valence-corrected chi connectivity index (χ0v) is 14.0. The molecular weight excluding hydrogens is 262 g/mol. The summed E-state index contributed by atoms with van der Waals surface area (Å²) in [5, 5.41) is 4.49. The molecule has 1 aliphatic rings. The van der Waals surface area contributed by atoms with E-state index in [9.17, 15) is 4.79 Å². The van der Waals surface area contributed by atoms with Crippen LogP contribution in [0.25, 0.3) is 0 Å². The number of hydrogen-bond donors (Lipinski definition) is 0. The van der Waals surface area contributed by atoms with Crippen molar-refractivity contribution in [2.75, 3.05) is 11.4 Å². The van der Waals surface area contributed by atoms with E-state index in [4.69, 9.17) is 0 Å². The Kier molecular flexibility index (Phi) is 5.43. The van der Waals surface area contributed by atoms with Gasteiger partial charge in [0.15, 0.2) is 0 Å². The molecule has 1 amide bonds. The fourth-order valence-electron chi connectivity index (χ4n) is 3.37. The van der Waals surface area contributed by atoms with Crippen LogP contribution in [0.1, 0.15) is 63.3 Å².